The van der Waals surface area contributed by atoms with Gasteiger partial charge in [0, 0.05) is 6.54 Å². The highest BCUT2D eigenvalue weighted by molar-refractivity contribution is 5.92. The van der Waals surface area contributed by atoms with Crippen molar-refractivity contribution in [2.24, 2.45) is 0 Å². The molecule has 0 saturated carbocycles. The Kier molecular flexibility index (Phi) is 3.85. The van der Waals surface area contributed by atoms with Crippen molar-refractivity contribution in [3.8, 4) is 5.75 Å². The number of benzene rings is 1. The van der Waals surface area contributed by atoms with Gasteiger partial charge in [-0.25, -0.2) is 0 Å². The first-order valence-corrected chi connectivity index (χ1v) is 6.20. The molecular formula is C14H17N3O2. The standard InChI is InChI=1S/C14H17N3O2/c1-4-15-14(18)12-9-11(3)16-17(12)19-13-8-6-5-7-10(13)2/h5-9H,4H2,1-3H3,(H,15,18). The van der Waals surface area contributed by atoms with Crippen molar-refractivity contribution in [3.05, 3.63) is 47.3 Å². The molecule has 2 aromatic rings. The van der Waals surface area contributed by atoms with Gasteiger partial charge < -0.3 is 10.2 Å². The molecule has 0 radical (unpaired) electrons. The molecular weight excluding hydrogens is 242 g/mol. The molecule has 0 bridgehead atoms. The van der Waals surface area contributed by atoms with Crippen LogP contribution in [0.3, 0.4) is 0 Å². The molecule has 1 amide bonds. The lowest BCUT2D eigenvalue weighted by Crippen LogP contribution is -2.27. The minimum Gasteiger partial charge on any atom is -0.357 e. The van der Waals surface area contributed by atoms with Gasteiger partial charge in [0.2, 0.25) is 0 Å². The fourth-order valence-corrected chi connectivity index (χ4v) is 1.70. The van der Waals surface area contributed by atoms with Crippen LogP contribution < -0.4 is 10.2 Å². The summed E-state index contributed by atoms with van der Waals surface area (Å²) in [5.74, 6) is 0.479. The summed E-state index contributed by atoms with van der Waals surface area (Å²) in [7, 11) is 0. The summed E-state index contributed by atoms with van der Waals surface area (Å²) in [4.78, 5) is 18.8. The van der Waals surface area contributed by atoms with Gasteiger partial charge in [0.25, 0.3) is 5.91 Å². The van der Waals surface area contributed by atoms with Gasteiger partial charge >= 0.3 is 0 Å². The van der Waals surface area contributed by atoms with Crippen molar-refractivity contribution in [1.82, 2.24) is 15.3 Å². The van der Waals surface area contributed by atoms with Crippen LogP contribution >= 0.6 is 0 Å². The van der Waals surface area contributed by atoms with Gasteiger partial charge in [0.05, 0.1) is 5.69 Å². The summed E-state index contributed by atoms with van der Waals surface area (Å²) in [5.41, 5.74) is 2.11. The summed E-state index contributed by atoms with van der Waals surface area (Å²) in [6, 6.07) is 9.29. The molecule has 0 aliphatic carbocycles. The molecule has 0 aliphatic rings. The quantitative estimate of drug-likeness (QED) is 0.914. The molecule has 0 spiro atoms. The second-order valence-corrected chi connectivity index (χ2v) is 4.26. The summed E-state index contributed by atoms with van der Waals surface area (Å²) in [6.07, 6.45) is 0. The normalized spacial score (nSPS) is 10.3. The van der Waals surface area contributed by atoms with Crippen LogP contribution in [0.5, 0.6) is 5.75 Å². The highest BCUT2D eigenvalue weighted by atomic mass is 16.7. The van der Waals surface area contributed by atoms with E-state index in [0.717, 1.165) is 11.3 Å². The Morgan fingerprint density at radius 1 is 1.37 bits per heavy atom. The molecule has 0 atom stereocenters. The minimum absolute atomic E-state index is 0.198. The van der Waals surface area contributed by atoms with Crippen molar-refractivity contribution < 1.29 is 9.63 Å². The monoisotopic (exact) mass is 259 g/mol. The summed E-state index contributed by atoms with van der Waals surface area (Å²) in [5, 5.41) is 6.92. The maximum Gasteiger partial charge on any atom is 0.273 e. The zero-order valence-electron chi connectivity index (χ0n) is 11.3. The fourth-order valence-electron chi connectivity index (χ4n) is 1.70. The van der Waals surface area contributed by atoms with Crippen molar-refractivity contribution >= 4 is 5.91 Å². The Morgan fingerprint density at radius 3 is 2.79 bits per heavy atom. The molecule has 1 aromatic carbocycles. The highest BCUT2D eigenvalue weighted by Gasteiger charge is 2.15. The average Bonchev–Trinajstić information content (AvgIpc) is 2.74. The number of aromatic nitrogens is 2. The third-order valence-electron chi connectivity index (χ3n) is 2.65. The lowest BCUT2D eigenvalue weighted by Gasteiger charge is -2.10. The summed E-state index contributed by atoms with van der Waals surface area (Å²) < 4.78 is 0. The van der Waals surface area contributed by atoms with Crippen LogP contribution in [0.2, 0.25) is 0 Å². The van der Waals surface area contributed by atoms with Gasteiger partial charge in [-0.1, -0.05) is 23.0 Å². The molecule has 1 heterocycles. The van der Waals surface area contributed by atoms with Crippen molar-refractivity contribution in [2.75, 3.05) is 6.54 Å². The topological polar surface area (TPSA) is 56.2 Å². The number of carbonyl (C=O) groups is 1. The van der Waals surface area contributed by atoms with Crippen molar-refractivity contribution in [2.45, 2.75) is 20.8 Å². The number of rotatable bonds is 4. The third-order valence-corrected chi connectivity index (χ3v) is 2.65. The van der Waals surface area contributed by atoms with Gasteiger partial charge in [-0.2, -0.15) is 0 Å². The van der Waals surface area contributed by atoms with Crippen molar-refractivity contribution in [3.63, 3.8) is 0 Å². The number of para-hydroxylation sites is 1. The maximum atomic E-state index is 11.9. The maximum absolute atomic E-state index is 11.9. The smallest absolute Gasteiger partial charge is 0.273 e. The molecule has 0 aliphatic heterocycles. The Bertz CT molecular complexity index is 590. The second kappa shape index (κ2) is 5.56. The predicted molar refractivity (Wildman–Crippen MR) is 72.2 cm³/mol. The zero-order valence-corrected chi connectivity index (χ0v) is 11.3. The molecule has 100 valence electrons. The number of nitrogens with one attached hydrogen (secondary N) is 1. The van der Waals surface area contributed by atoms with E-state index in [2.05, 4.69) is 10.4 Å². The van der Waals surface area contributed by atoms with Gasteiger partial charge in [0.15, 0.2) is 11.4 Å². The Morgan fingerprint density at radius 2 is 2.11 bits per heavy atom. The van der Waals surface area contributed by atoms with Crippen LogP contribution in [-0.4, -0.2) is 22.4 Å². The van der Waals surface area contributed by atoms with Crippen LogP contribution in [0.4, 0.5) is 0 Å². The Hall–Kier alpha value is -2.30. The first-order valence-electron chi connectivity index (χ1n) is 6.20. The van der Waals surface area contributed by atoms with E-state index in [1.54, 1.807) is 6.07 Å². The van der Waals surface area contributed by atoms with Crippen LogP contribution in [0.15, 0.2) is 30.3 Å². The molecule has 0 fully saturated rings. The lowest BCUT2D eigenvalue weighted by atomic mass is 10.2. The second-order valence-electron chi connectivity index (χ2n) is 4.26. The molecule has 5 nitrogen and oxygen atoms in total. The number of nitrogens with zero attached hydrogens (tertiary/aromatic N) is 2. The van der Waals surface area contributed by atoms with Gasteiger partial charge in [-0.15, -0.1) is 5.10 Å². The van der Waals surface area contributed by atoms with E-state index in [-0.39, 0.29) is 5.91 Å². The number of hydrogen-bond acceptors (Lipinski definition) is 3. The molecule has 5 heteroatoms. The molecule has 0 unspecified atom stereocenters. The predicted octanol–water partition coefficient (Wildman–Crippen LogP) is 2.09. The van der Waals surface area contributed by atoms with Gasteiger partial charge in [-0.05, 0) is 38.5 Å². The average molecular weight is 259 g/mol. The largest absolute Gasteiger partial charge is 0.357 e. The van der Waals surface area contributed by atoms with E-state index < -0.39 is 0 Å². The SMILES string of the molecule is CCNC(=O)c1cc(C)nn1Oc1ccccc1C. The number of carbonyl (C=O) groups excluding carboxylic acids is 1. The molecule has 2 rings (SSSR count). The lowest BCUT2D eigenvalue weighted by molar-refractivity contribution is 0.0900. The van der Waals surface area contributed by atoms with Crippen LogP contribution in [0.25, 0.3) is 0 Å². The molecule has 1 aromatic heterocycles. The highest BCUT2D eigenvalue weighted by Crippen LogP contribution is 2.17. The number of amides is 1. The Labute approximate surface area is 112 Å². The van der Waals surface area contributed by atoms with E-state index >= 15 is 0 Å². The molecule has 0 saturated heterocycles. The van der Waals surface area contributed by atoms with E-state index in [0.29, 0.717) is 18.0 Å². The summed E-state index contributed by atoms with van der Waals surface area (Å²) >= 11 is 0. The third kappa shape index (κ3) is 2.93. The van der Waals surface area contributed by atoms with Crippen LogP contribution in [0, 0.1) is 13.8 Å². The van der Waals surface area contributed by atoms with Gasteiger partial charge in [0.1, 0.15) is 0 Å². The van der Waals surface area contributed by atoms with Crippen molar-refractivity contribution in [1.29, 1.82) is 0 Å². The summed E-state index contributed by atoms with van der Waals surface area (Å²) in [6.45, 7) is 6.19. The zero-order chi connectivity index (χ0) is 13.8. The van der Waals surface area contributed by atoms with E-state index in [9.17, 15) is 4.79 Å². The first kappa shape index (κ1) is 13.1. The number of hydrogen-bond donors (Lipinski definition) is 1. The fraction of sp³-hybridized carbons (Fsp3) is 0.286. The number of aryl methyl sites for hydroxylation is 2. The van der Waals surface area contributed by atoms with Crippen LogP contribution in [0.1, 0.15) is 28.7 Å². The van der Waals surface area contributed by atoms with Gasteiger partial charge in [-0.3, -0.25) is 4.79 Å². The van der Waals surface area contributed by atoms with E-state index in [4.69, 9.17) is 4.84 Å². The van der Waals surface area contributed by atoms with E-state index in [1.807, 2.05) is 45.0 Å². The van der Waals surface area contributed by atoms with Crippen LogP contribution in [-0.2, 0) is 0 Å². The first-order chi connectivity index (χ1) is 9.11. The molecule has 19 heavy (non-hydrogen) atoms. The van der Waals surface area contributed by atoms with E-state index in [1.165, 1.54) is 4.85 Å². The Balaban J connectivity index is 2.30. The minimum atomic E-state index is -0.198. The molecule has 1 N–H and O–H groups in total.